The number of aromatic nitrogens is 1. The number of fused-ring (bicyclic) bond motifs is 2. The van der Waals surface area contributed by atoms with E-state index in [1.807, 2.05) is 41.0 Å². The molecule has 0 unspecified atom stereocenters. The van der Waals surface area contributed by atoms with Crippen molar-refractivity contribution in [1.82, 2.24) is 9.99 Å². The zero-order valence-electron chi connectivity index (χ0n) is 17.2. The van der Waals surface area contributed by atoms with Crippen molar-refractivity contribution in [2.75, 3.05) is 14.2 Å². The Kier molecular flexibility index (Phi) is 5.66. The molecule has 0 fully saturated rings. The van der Waals surface area contributed by atoms with E-state index < -0.39 is 0 Å². The summed E-state index contributed by atoms with van der Waals surface area (Å²) in [6.07, 6.45) is 1.51. The lowest BCUT2D eigenvalue weighted by Crippen LogP contribution is -2.25. The maximum Gasteiger partial charge on any atom is 0.260 e. The molecule has 1 heterocycles. The molecule has 0 radical (unpaired) electrons. The van der Waals surface area contributed by atoms with E-state index in [0.717, 1.165) is 0 Å². The molecule has 31 heavy (non-hydrogen) atoms. The van der Waals surface area contributed by atoms with Gasteiger partial charge >= 0.3 is 0 Å². The molecule has 0 saturated heterocycles. The summed E-state index contributed by atoms with van der Waals surface area (Å²) in [5.41, 5.74) is 4.59. The van der Waals surface area contributed by atoms with E-state index in [1.165, 1.54) is 6.21 Å². The van der Waals surface area contributed by atoms with E-state index in [9.17, 15) is 9.59 Å². The van der Waals surface area contributed by atoms with E-state index >= 15 is 0 Å². The monoisotopic (exact) mass is 415 g/mol. The Morgan fingerprint density at radius 1 is 0.968 bits per heavy atom. The van der Waals surface area contributed by atoms with Crippen LogP contribution in [-0.2, 0) is 11.3 Å². The molecular weight excluding hydrogens is 394 g/mol. The number of carbonyl (C=O) groups is 1. The standard InChI is InChI=1S/C24H21N3O4/c1-30-17-12-11-16(22(13-17)31-2)14-25-26-23(28)15-27-20-9-5-3-7-18(20)24(29)19-8-4-6-10-21(19)27/h3-14H,15H2,1-2H3,(H,26,28)/b25-14+. The molecule has 0 saturated carbocycles. The predicted octanol–water partition coefficient (Wildman–Crippen LogP) is 3.32. The Hall–Kier alpha value is -4.13. The number of methoxy groups -OCH3 is 2. The number of rotatable bonds is 6. The number of carbonyl (C=O) groups excluding carboxylic acids is 1. The molecule has 1 aromatic heterocycles. The van der Waals surface area contributed by atoms with E-state index in [2.05, 4.69) is 10.5 Å². The van der Waals surface area contributed by atoms with Crippen molar-refractivity contribution < 1.29 is 14.3 Å². The summed E-state index contributed by atoms with van der Waals surface area (Å²) in [6, 6.07) is 19.8. The molecule has 7 nitrogen and oxygen atoms in total. The molecule has 7 heteroatoms. The first-order valence-electron chi connectivity index (χ1n) is 9.66. The van der Waals surface area contributed by atoms with Gasteiger partial charge in [0, 0.05) is 22.4 Å². The van der Waals surface area contributed by atoms with Gasteiger partial charge in [-0.2, -0.15) is 5.10 Å². The second kappa shape index (κ2) is 8.71. The van der Waals surface area contributed by atoms with Gasteiger partial charge in [-0.1, -0.05) is 24.3 Å². The summed E-state index contributed by atoms with van der Waals surface area (Å²) in [4.78, 5) is 25.5. The first-order chi connectivity index (χ1) is 15.1. The van der Waals surface area contributed by atoms with Crippen molar-refractivity contribution >= 4 is 33.9 Å². The van der Waals surface area contributed by atoms with Crippen molar-refractivity contribution in [3.8, 4) is 11.5 Å². The molecule has 1 N–H and O–H groups in total. The molecular formula is C24H21N3O4. The lowest BCUT2D eigenvalue weighted by Gasteiger charge is -2.14. The minimum Gasteiger partial charge on any atom is -0.497 e. The zero-order valence-corrected chi connectivity index (χ0v) is 17.2. The third kappa shape index (κ3) is 3.98. The largest absolute Gasteiger partial charge is 0.497 e. The SMILES string of the molecule is COc1ccc(/C=N/NC(=O)Cn2c3ccccc3c(=O)c3ccccc32)c(OC)c1. The minimum absolute atomic E-state index is 0.0123. The van der Waals surface area contributed by atoms with Crippen molar-refractivity contribution in [3.05, 3.63) is 82.5 Å². The van der Waals surface area contributed by atoms with Gasteiger partial charge in [-0.05, 0) is 36.4 Å². The maximum absolute atomic E-state index is 12.8. The van der Waals surface area contributed by atoms with Crippen LogP contribution in [0.4, 0.5) is 0 Å². The Morgan fingerprint density at radius 3 is 2.23 bits per heavy atom. The van der Waals surface area contributed by atoms with Gasteiger partial charge in [0.25, 0.3) is 5.91 Å². The Labute approximate surface area is 178 Å². The number of pyridine rings is 1. The summed E-state index contributed by atoms with van der Waals surface area (Å²) in [5.74, 6) is 0.924. The lowest BCUT2D eigenvalue weighted by atomic mass is 10.1. The van der Waals surface area contributed by atoms with Gasteiger partial charge in [0.15, 0.2) is 5.43 Å². The molecule has 156 valence electrons. The zero-order chi connectivity index (χ0) is 21.8. The molecule has 0 aliphatic heterocycles. The van der Waals surface area contributed by atoms with Gasteiger partial charge in [-0.15, -0.1) is 0 Å². The quantitative estimate of drug-likeness (QED) is 0.298. The van der Waals surface area contributed by atoms with Crippen LogP contribution in [0.1, 0.15) is 5.56 Å². The van der Waals surface area contributed by atoms with Crippen LogP contribution >= 0.6 is 0 Å². The summed E-state index contributed by atoms with van der Waals surface area (Å²) < 4.78 is 12.3. The highest BCUT2D eigenvalue weighted by Crippen LogP contribution is 2.23. The highest BCUT2D eigenvalue weighted by Gasteiger charge is 2.12. The number of para-hydroxylation sites is 2. The maximum atomic E-state index is 12.8. The second-order valence-electron chi connectivity index (χ2n) is 6.85. The minimum atomic E-state index is -0.317. The summed E-state index contributed by atoms with van der Waals surface area (Å²) >= 11 is 0. The molecule has 0 aliphatic carbocycles. The molecule has 4 rings (SSSR count). The smallest absolute Gasteiger partial charge is 0.260 e. The molecule has 0 spiro atoms. The molecule has 0 bridgehead atoms. The van der Waals surface area contributed by atoms with Crippen LogP contribution in [-0.4, -0.2) is 30.9 Å². The normalized spacial score (nSPS) is 11.2. The number of nitrogens with one attached hydrogen (secondary N) is 1. The lowest BCUT2D eigenvalue weighted by molar-refractivity contribution is -0.121. The topological polar surface area (TPSA) is 81.9 Å². The number of benzene rings is 3. The third-order valence-corrected chi connectivity index (χ3v) is 5.01. The summed E-state index contributed by atoms with van der Waals surface area (Å²) in [7, 11) is 3.13. The van der Waals surface area contributed by atoms with Gasteiger partial charge in [0.1, 0.15) is 18.0 Å². The van der Waals surface area contributed by atoms with Crippen LogP contribution < -0.4 is 20.3 Å². The highest BCUT2D eigenvalue weighted by molar-refractivity contribution is 5.95. The van der Waals surface area contributed by atoms with Crippen molar-refractivity contribution in [2.24, 2.45) is 5.10 Å². The fraction of sp³-hybridized carbons (Fsp3) is 0.125. The van der Waals surface area contributed by atoms with E-state index in [-0.39, 0.29) is 17.9 Å². The fourth-order valence-electron chi connectivity index (χ4n) is 3.53. The predicted molar refractivity (Wildman–Crippen MR) is 121 cm³/mol. The molecule has 0 atom stereocenters. The fourth-order valence-corrected chi connectivity index (χ4v) is 3.53. The Morgan fingerprint density at radius 2 is 1.61 bits per heavy atom. The average Bonchev–Trinajstić information content (AvgIpc) is 2.82. The number of hydrogen-bond acceptors (Lipinski definition) is 5. The average molecular weight is 415 g/mol. The summed E-state index contributed by atoms with van der Waals surface area (Å²) in [6.45, 7) is 0.0123. The van der Waals surface area contributed by atoms with E-state index in [1.54, 1.807) is 44.6 Å². The van der Waals surface area contributed by atoms with Crippen LogP contribution in [0.2, 0.25) is 0 Å². The van der Waals surface area contributed by atoms with Gasteiger partial charge in [-0.3, -0.25) is 9.59 Å². The number of hydrogen-bond donors (Lipinski definition) is 1. The second-order valence-corrected chi connectivity index (χ2v) is 6.85. The van der Waals surface area contributed by atoms with Crippen LogP contribution in [0.15, 0.2) is 76.6 Å². The van der Waals surface area contributed by atoms with Crippen LogP contribution in [0.3, 0.4) is 0 Å². The Balaban J connectivity index is 1.61. The molecule has 0 aliphatic rings. The molecule has 3 aromatic carbocycles. The van der Waals surface area contributed by atoms with E-state index in [4.69, 9.17) is 9.47 Å². The van der Waals surface area contributed by atoms with Crippen LogP contribution in [0.5, 0.6) is 11.5 Å². The third-order valence-electron chi connectivity index (χ3n) is 5.01. The molecule has 1 amide bonds. The number of hydrazone groups is 1. The van der Waals surface area contributed by atoms with Crippen molar-refractivity contribution in [2.45, 2.75) is 6.54 Å². The van der Waals surface area contributed by atoms with E-state index in [0.29, 0.717) is 38.9 Å². The molecule has 4 aromatic rings. The van der Waals surface area contributed by atoms with Gasteiger partial charge in [0.05, 0.1) is 31.5 Å². The highest BCUT2D eigenvalue weighted by atomic mass is 16.5. The number of ether oxygens (including phenoxy) is 2. The summed E-state index contributed by atoms with van der Waals surface area (Å²) in [5, 5.41) is 5.20. The first kappa shape index (κ1) is 20.2. The Bertz CT molecular complexity index is 1300. The first-order valence-corrected chi connectivity index (χ1v) is 9.66. The number of nitrogens with zero attached hydrogens (tertiary/aromatic N) is 2. The van der Waals surface area contributed by atoms with Crippen molar-refractivity contribution in [3.63, 3.8) is 0 Å². The van der Waals surface area contributed by atoms with Gasteiger partial charge in [-0.25, -0.2) is 5.43 Å². The van der Waals surface area contributed by atoms with Crippen LogP contribution in [0.25, 0.3) is 21.8 Å². The van der Waals surface area contributed by atoms with Crippen LogP contribution in [0, 0.1) is 0 Å². The van der Waals surface area contributed by atoms with Crippen molar-refractivity contribution in [1.29, 1.82) is 0 Å². The van der Waals surface area contributed by atoms with Gasteiger partial charge in [0.2, 0.25) is 0 Å². The number of amides is 1. The van der Waals surface area contributed by atoms with Gasteiger partial charge < -0.3 is 14.0 Å².